The maximum Gasteiger partial charge on any atom is 0.231 e. The summed E-state index contributed by atoms with van der Waals surface area (Å²) in [5.74, 6) is 1.29. The Bertz CT molecular complexity index is 1100. The summed E-state index contributed by atoms with van der Waals surface area (Å²) in [6.07, 6.45) is 1.70. The van der Waals surface area contributed by atoms with Crippen molar-refractivity contribution in [1.29, 1.82) is 5.26 Å². The third-order valence-corrected chi connectivity index (χ3v) is 6.38. The topological polar surface area (TPSA) is 89.3 Å². The lowest BCUT2D eigenvalue weighted by Crippen LogP contribution is -2.29. The van der Waals surface area contributed by atoms with Crippen LogP contribution in [-0.4, -0.2) is 29.1 Å². The number of benzene rings is 1. The number of aromatic nitrogens is 1. The molecule has 1 aromatic carbocycles. The predicted molar refractivity (Wildman–Crippen MR) is 112 cm³/mol. The summed E-state index contributed by atoms with van der Waals surface area (Å²) < 4.78 is 10.6. The second-order valence-electron chi connectivity index (χ2n) is 8.28. The van der Waals surface area contributed by atoms with Crippen LogP contribution < -0.4 is 9.47 Å². The van der Waals surface area contributed by atoms with Gasteiger partial charge in [-0.2, -0.15) is 5.26 Å². The van der Waals surface area contributed by atoms with Crippen LogP contribution in [0, 0.1) is 16.7 Å². The number of pyridine rings is 1. The molecule has 1 aliphatic heterocycles. The second-order valence-corrected chi connectivity index (χ2v) is 9.24. The van der Waals surface area contributed by atoms with Crippen LogP contribution in [0.5, 0.6) is 11.5 Å². The van der Waals surface area contributed by atoms with Gasteiger partial charge >= 0.3 is 0 Å². The average molecular weight is 423 g/mol. The number of carbonyl (C=O) groups is 2. The molecule has 0 saturated heterocycles. The van der Waals surface area contributed by atoms with E-state index in [0.717, 1.165) is 11.3 Å². The first-order valence-electron chi connectivity index (χ1n) is 9.87. The maximum absolute atomic E-state index is 12.8. The van der Waals surface area contributed by atoms with E-state index in [-0.39, 0.29) is 29.5 Å². The van der Waals surface area contributed by atoms with Gasteiger partial charge in [0.2, 0.25) is 6.79 Å². The largest absolute Gasteiger partial charge is 0.454 e. The van der Waals surface area contributed by atoms with Crippen LogP contribution >= 0.6 is 11.8 Å². The van der Waals surface area contributed by atoms with Crippen molar-refractivity contribution in [3.63, 3.8) is 0 Å². The molecule has 0 atom stereocenters. The van der Waals surface area contributed by atoms with E-state index in [4.69, 9.17) is 9.47 Å². The third kappa shape index (κ3) is 3.68. The number of thioether (sulfide) groups is 1. The van der Waals surface area contributed by atoms with Crippen molar-refractivity contribution >= 4 is 23.3 Å². The minimum Gasteiger partial charge on any atom is -0.454 e. The first-order chi connectivity index (χ1) is 14.3. The maximum atomic E-state index is 12.8. The smallest absolute Gasteiger partial charge is 0.231 e. The number of fused-ring (bicyclic) bond motifs is 2. The van der Waals surface area contributed by atoms with Gasteiger partial charge in [0.1, 0.15) is 11.1 Å². The standard InChI is InChI=1S/C23H22N2O4S/c1-4-14-15(10-24)22(25-16-8-23(2,3)9-17(26)21(14)16)30-11-18(27)13-5-6-19-20(7-13)29-12-28-19/h5-7H,4,8-9,11-12H2,1-3H3. The number of nitrogens with zero attached hydrogens (tertiary/aromatic N) is 2. The molecule has 154 valence electrons. The number of ether oxygens (including phenoxy) is 2. The van der Waals surface area contributed by atoms with E-state index >= 15 is 0 Å². The number of hydrogen-bond donors (Lipinski definition) is 0. The number of hydrogen-bond acceptors (Lipinski definition) is 7. The number of carbonyl (C=O) groups excluding carboxylic acids is 2. The van der Waals surface area contributed by atoms with Gasteiger partial charge in [-0.25, -0.2) is 4.98 Å². The minimum absolute atomic E-state index is 0.0510. The molecular weight excluding hydrogens is 400 g/mol. The highest BCUT2D eigenvalue weighted by atomic mass is 32.2. The molecule has 0 spiro atoms. The van der Waals surface area contributed by atoms with Crippen LogP contribution in [0.25, 0.3) is 0 Å². The van der Waals surface area contributed by atoms with Gasteiger partial charge in [-0.1, -0.05) is 32.5 Å². The van der Waals surface area contributed by atoms with E-state index in [2.05, 4.69) is 24.9 Å². The molecule has 30 heavy (non-hydrogen) atoms. The molecule has 0 unspecified atom stereocenters. The zero-order chi connectivity index (χ0) is 21.5. The molecule has 6 nitrogen and oxygen atoms in total. The highest BCUT2D eigenvalue weighted by molar-refractivity contribution is 8.00. The highest BCUT2D eigenvalue weighted by Gasteiger charge is 2.35. The van der Waals surface area contributed by atoms with Gasteiger partial charge in [0.25, 0.3) is 0 Å². The third-order valence-electron chi connectivity index (χ3n) is 5.41. The minimum atomic E-state index is -0.166. The van der Waals surface area contributed by atoms with Crippen molar-refractivity contribution in [1.82, 2.24) is 4.98 Å². The number of ketones is 2. The zero-order valence-corrected chi connectivity index (χ0v) is 18.0. The van der Waals surface area contributed by atoms with Crippen LogP contribution in [-0.2, 0) is 12.8 Å². The normalized spacial score (nSPS) is 16.1. The first-order valence-corrected chi connectivity index (χ1v) is 10.9. The van der Waals surface area contributed by atoms with Gasteiger partial charge < -0.3 is 9.47 Å². The van der Waals surface area contributed by atoms with Crippen LogP contribution in [0.1, 0.15) is 64.7 Å². The average Bonchev–Trinajstić information content (AvgIpc) is 3.17. The SMILES string of the molecule is CCc1c(C#N)c(SCC(=O)c2ccc3c(c2)OCO3)nc2c1C(=O)CC(C)(C)C2. The molecule has 1 aromatic heterocycles. The van der Waals surface area contributed by atoms with Crippen molar-refractivity contribution < 1.29 is 19.1 Å². The highest BCUT2D eigenvalue weighted by Crippen LogP contribution is 2.39. The molecule has 0 radical (unpaired) electrons. The molecular formula is C23H22N2O4S. The van der Waals surface area contributed by atoms with Crippen LogP contribution in [0.15, 0.2) is 23.2 Å². The van der Waals surface area contributed by atoms with Crippen LogP contribution in [0.4, 0.5) is 0 Å². The number of nitriles is 1. The summed E-state index contributed by atoms with van der Waals surface area (Å²) in [5, 5.41) is 10.3. The molecule has 0 N–H and O–H groups in total. The van der Waals surface area contributed by atoms with E-state index in [1.165, 1.54) is 11.8 Å². The lowest BCUT2D eigenvalue weighted by molar-refractivity contribution is 0.0907. The Hall–Kier alpha value is -2.85. The Morgan fingerprint density at radius 2 is 2.03 bits per heavy atom. The molecule has 0 bridgehead atoms. The van der Waals surface area contributed by atoms with E-state index in [1.54, 1.807) is 18.2 Å². The Morgan fingerprint density at radius 3 is 2.77 bits per heavy atom. The fourth-order valence-electron chi connectivity index (χ4n) is 4.02. The second kappa shape index (κ2) is 7.77. The molecule has 0 saturated carbocycles. The van der Waals surface area contributed by atoms with E-state index in [0.29, 0.717) is 52.5 Å². The van der Waals surface area contributed by atoms with Gasteiger partial charge in [0, 0.05) is 17.5 Å². The summed E-state index contributed by atoms with van der Waals surface area (Å²) in [4.78, 5) is 30.2. The van der Waals surface area contributed by atoms with Crippen molar-refractivity contribution in [3.05, 3.63) is 46.1 Å². The molecule has 4 rings (SSSR count). The van der Waals surface area contributed by atoms with Crippen molar-refractivity contribution in [2.45, 2.75) is 45.1 Å². The van der Waals surface area contributed by atoms with Gasteiger partial charge in [-0.3, -0.25) is 9.59 Å². The zero-order valence-electron chi connectivity index (χ0n) is 17.2. The van der Waals surface area contributed by atoms with E-state index < -0.39 is 0 Å². The van der Waals surface area contributed by atoms with Gasteiger partial charge in [0.05, 0.1) is 17.0 Å². The summed E-state index contributed by atoms with van der Waals surface area (Å²) in [5.41, 5.74) is 2.87. The molecule has 0 fully saturated rings. The molecule has 2 heterocycles. The number of rotatable bonds is 5. The van der Waals surface area contributed by atoms with E-state index in [9.17, 15) is 14.9 Å². The fraction of sp³-hybridized carbons (Fsp3) is 0.391. The first kappa shape index (κ1) is 20.4. The summed E-state index contributed by atoms with van der Waals surface area (Å²) in [6.45, 7) is 6.20. The van der Waals surface area contributed by atoms with Gasteiger partial charge in [0.15, 0.2) is 23.1 Å². The Morgan fingerprint density at radius 1 is 1.27 bits per heavy atom. The van der Waals surface area contributed by atoms with Crippen molar-refractivity contribution in [2.24, 2.45) is 5.41 Å². The van der Waals surface area contributed by atoms with Crippen molar-refractivity contribution in [2.75, 3.05) is 12.5 Å². The lowest BCUT2D eigenvalue weighted by atomic mass is 9.74. The fourth-order valence-corrected chi connectivity index (χ4v) is 4.94. The Balaban J connectivity index is 1.63. The summed E-state index contributed by atoms with van der Waals surface area (Å²) >= 11 is 1.25. The summed E-state index contributed by atoms with van der Waals surface area (Å²) in [7, 11) is 0. The van der Waals surface area contributed by atoms with Gasteiger partial charge in [-0.05, 0) is 42.0 Å². The molecule has 2 aromatic rings. The number of Topliss-reactive ketones (excluding diaryl/α,β-unsaturated/α-hetero) is 2. The molecule has 0 amide bonds. The Labute approximate surface area is 179 Å². The van der Waals surface area contributed by atoms with E-state index in [1.807, 2.05) is 6.92 Å². The predicted octanol–water partition coefficient (Wildman–Crippen LogP) is 4.37. The van der Waals surface area contributed by atoms with Crippen molar-refractivity contribution in [3.8, 4) is 17.6 Å². The van der Waals surface area contributed by atoms with Crippen LogP contribution in [0.2, 0.25) is 0 Å². The molecule has 7 heteroatoms. The monoisotopic (exact) mass is 422 g/mol. The lowest BCUT2D eigenvalue weighted by Gasteiger charge is -2.31. The van der Waals surface area contributed by atoms with Gasteiger partial charge in [-0.15, -0.1) is 0 Å². The Kier molecular flexibility index (Phi) is 5.29. The molecule has 1 aliphatic carbocycles. The summed E-state index contributed by atoms with van der Waals surface area (Å²) in [6, 6.07) is 7.33. The van der Waals surface area contributed by atoms with Crippen LogP contribution in [0.3, 0.4) is 0 Å². The quantitative estimate of drug-likeness (QED) is 0.522. The molecule has 2 aliphatic rings.